The van der Waals surface area contributed by atoms with E-state index in [0.29, 0.717) is 17.5 Å². The number of hydrogen-bond acceptors (Lipinski definition) is 3. The molecule has 0 bridgehead atoms. The molecule has 0 heterocycles. The number of nitrogens with one attached hydrogen (secondary N) is 1. The minimum Gasteiger partial charge on any atom is -0.465 e. The second kappa shape index (κ2) is 7.65. The van der Waals surface area contributed by atoms with Crippen molar-refractivity contribution in [2.75, 3.05) is 7.11 Å². The molecule has 1 aromatic carbocycles. The standard InChI is InChI=1S/C15H22BrNO2/c1-5-14(10(2)3)17-9-12-7-6-11(8-13(12)16)15(18)19-4/h6-8,10,14,17H,5,9H2,1-4H3. The van der Waals surface area contributed by atoms with Crippen molar-refractivity contribution in [2.24, 2.45) is 5.92 Å². The molecule has 19 heavy (non-hydrogen) atoms. The van der Waals surface area contributed by atoms with Gasteiger partial charge in [0.15, 0.2) is 0 Å². The Bertz CT molecular complexity index is 432. The van der Waals surface area contributed by atoms with E-state index in [1.165, 1.54) is 7.11 Å². The van der Waals surface area contributed by atoms with Gasteiger partial charge in [-0.25, -0.2) is 4.79 Å². The Hall–Kier alpha value is -0.870. The molecule has 0 radical (unpaired) electrons. The number of carbonyl (C=O) groups excluding carboxylic acids is 1. The van der Waals surface area contributed by atoms with Crippen LogP contribution in [0, 0.1) is 5.92 Å². The van der Waals surface area contributed by atoms with E-state index in [4.69, 9.17) is 4.74 Å². The fourth-order valence-electron chi connectivity index (χ4n) is 2.03. The zero-order valence-electron chi connectivity index (χ0n) is 12.0. The van der Waals surface area contributed by atoms with Gasteiger partial charge in [0, 0.05) is 17.1 Å². The van der Waals surface area contributed by atoms with Gasteiger partial charge in [-0.05, 0) is 30.0 Å². The Morgan fingerprint density at radius 1 is 1.42 bits per heavy atom. The van der Waals surface area contributed by atoms with Crippen molar-refractivity contribution in [3.63, 3.8) is 0 Å². The molecule has 0 aliphatic carbocycles. The molecule has 0 aromatic heterocycles. The summed E-state index contributed by atoms with van der Waals surface area (Å²) < 4.78 is 5.63. The van der Waals surface area contributed by atoms with Crippen LogP contribution in [0.4, 0.5) is 0 Å². The van der Waals surface area contributed by atoms with Gasteiger partial charge in [0.2, 0.25) is 0 Å². The maximum atomic E-state index is 11.4. The minimum atomic E-state index is -0.311. The molecular weight excluding hydrogens is 306 g/mol. The van der Waals surface area contributed by atoms with Crippen LogP contribution in [0.15, 0.2) is 22.7 Å². The van der Waals surface area contributed by atoms with Gasteiger partial charge < -0.3 is 10.1 Å². The summed E-state index contributed by atoms with van der Waals surface area (Å²) in [5.74, 6) is 0.298. The molecular formula is C15H22BrNO2. The largest absolute Gasteiger partial charge is 0.465 e. The van der Waals surface area contributed by atoms with Crippen LogP contribution >= 0.6 is 15.9 Å². The predicted octanol–water partition coefficient (Wildman–Crippen LogP) is 3.76. The fourth-order valence-corrected chi connectivity index (χ4v) is 2.55. The second-order valence-corrected chi connectivity index (χ2v) is 5.79. The number of benzene rings is 1. The van der Waals surface area contributed by atoms with Crippen LogP contribution in [0.5, 0.6) is 0 Å². The Labute approximate surface area is 123 Å². The summed E-state index contributed by atoms with van der Waals surface area (Å²) in [4.78, 5) is 11.4. The minimum absolute atomic E-state index is 0.311. The van der Waals surface area contributed by atoms with Gasteiger partial charge in [-0.15, -0.1) is 0 Å². The van der Waals surface area contributed by atoms with Gasteiger partial charge in [0.1, 0.15) is 0 Å². The first kappa shape index (κ1) is 16.2. The Morgan fingerprint density at radius 3 is 2.58 bits per heavy atom. The third-order valence-corrected chi connectivity index (χ3v) is 4.01. The molecule has 1 atom stereocenters. The molecule has 0 saturated carbocycles. The summed E-state index contributed by atoms with van der Waals surface area (Å²) in [5.41, 5.74) is 1.71. The van der Waals surface area contributed by atoms with Crippen molar-refractivity contribution in [1.29, 1.82) is 0 Å². The lowest BCUT2D eigenvalue weighted by molar-refractivity contribution is 0.0600. The zero-order chi connectivity index (χ0) is 14.4. The summed E-state index contributed by atoms with van der Waals surface area (Å²) in [6.45, 7) is 7.42. The Morgan fingerprint density at radius 2 is 2.11 bits per heavy atom. The molecule has 0 amide bonds. The van der Waals surface area contributed by atoms with Crippen molar-refractivity contribution >= 4 is 21.9 Å². The zero-order valence-corrected chi connectivity index (χ0v) is 13.6. The van der Waals surface area contributed by atoms with Crippen LogP contribution in [-0.2, 0) is 11.3 Å². The molecule has 0 aliphatic rings. The summed E-state index contributed by atoms with van der Waals surface area (Å²) in [5, 5.41) is 3.54. The maximum absolute atomic E-state index is 11.4. The van der Waals surface area contributed by atoms with Gasteiger partial charge in [-0.1, -0.05) is 42.8 Å². The number of rotatable bonds is 6. The number of esters is 1. The van der Waals surface area contributed by atoms with Gasteiger partial charge in [0.05, 0.1) is 12.7 Å². The summed E-state index contributed by atoms with van der Waals surface area (Å²) in [6.07, 6.45) is 1.11. The highest BCUT2D eigenvalue weighted by Crippen LogP contribution is 2.20. The highest BCUT2D eigenvalue weighted by Gasteiger charge is 2.12. The van der Waals surface area contributed by atoms with Crippen LogP contribution in [-0.4, -0.2) is 19.1 Å². The Kier molecular flexibility index (Phi) is 6.52. The molecule has 3 nitrogen and oxygen atoms in total. The summed E-state index contributed by atoms with van der Waals surface area (Å²) >= 11 is 3.51. The summed E-state index contributed by atoms with van der Waals surface area (Å²) in [6, 6.07) is 6.06. The van der Waals surface area contributed by atoms with Gasteiger partial charge in [-0.2, -0.15) is 0 Å². The lowest BCUT2D eigenvalue weighted by Gasteiger charge is -2.21. The third-order valence-electron chi connectivity index (χ3n) is 3.27. The SMILES string of the molecule is CCC(NCc1ccc(C(=O)OC)cc1Br)C(C)C. The van der Waals surface area contributed by atoms with Crippen molar-refractivity contribution in [3.05, 3.63) is 33.8 Å². The molecule has 1 aromatic rings. The van der Waals surface area contributed by atoms with Crippen molar-refractivity contribution in [3.8, 4) is 0 Å². The molecule has 0 saturated heterocycles. The van der Waals surface area contributed by atoms with E-state index in [1.807, 2.05) is 6.07 Å². The normalized spacial score (nSPS) is 12.5. The van der Waals surface area contributed by atoms with Crippen molar-refractivity contribution in [1.82, 2.24) is 5.32 Å². The van der Waals surface area contributed by atoms with E-state index in [1.54, 1.807) is 12.1 Å². The average Bonchev–Trinajstić information content (AvgIpc) is 2.39. The van der Waals surface area contributed by atoms with E-state index >= 15 is 0 Å². The molecule has 106 valence electrons. The third kappa shape index (κ3) is 4.62. The number of methoxy groups -OCH3 is 1. The van der Waals surface area contributed by atoms with E-state index in [2.05, 4.69) is 42.0 Å². The van der Waals surface area contributed by atoms with Crippen LogP contribution in [0.25, 0.3) is 0 Å². The Balaban J connectivity index is 2.72. The molecule has 1 rings (SSSR count). The van der Waals surface area contributed by atoms with Crippen LogP contribution in [0.1, 0.15) is 43.1 Å². The molecule has 1 unspecified atom stereocenters. The summed E-state index contributed by atoms with van der Waals surface area (Å²) in [7, 11) is 1.39. The maximum Gasteiger partial charge on any atom is 0.337 e. The van der Waals surface area contributed by atoms with Crippen molar-refractivity contribution < 1.29 is 9.53 Å². The lowest BCUT2D eigenvalue weighted by Crippen LogP contribution is -2.32. The smallest absolute Gasteiger partial charge is 0.337 e. The molecule has 0 aliphatic heterocycles. The first-order chi connectivity index (χ1) is 8.99. The highest BCUT2D eigenvalue weighted by atomic mass is 79.9. The van der Waals surface area contributed by atoms with Gasteiger partial charge >= 0.3 is 5.97 Å². The lowest BCUT2D eigenvalue weighted by atomic mass is 10.0. The van der Waals surface area contributed by atoms with Crippen LogP contribution in [0.3, 0.4) is 0 Å². The monoisotopic (exact) mass is 327 g/mol. The first-order valence-corrected chi connectivity index (χ1v) is 7.39. The van der Waals surface area contributed by atoms with E-state index in [9.17, 15) is 4.79 Å². The van der Waals surface area contributed by atoms with Gasteiger partial charge in [0.25, 0.3) is 0 Å². The number of ether oxygens (including phenoxy) is 1. The van der Waals surface area contributed by atoms with Gasteiger partial charge in [-0.3, -0.25) is 0 Å². The van der Waals surface area contributed by atoms with E-state index in [0.717, 1.165) is 23.0 Å². The van der Waals surface area contributed by atoms with E-state index < -0.39 is 0 Å². The molecule has 0 fully saturated rings. The van der Waals surface area contributed by atoms with E-state index in [-0.39, 0.29) is 5.97 Å². The fraction of sp³-hybridized carbons (Fsp3) is 0.533. The number of halogens is 1. The topological polar surface area (TPSA) is 38.3 Å². The number of carbonyl (C=O) groups is 1. The average molecular weight is 328 g/mol. The first-order valence-electron chi connectivity index (χ1n) is 6.59. The van der Waals surface area contributed by atoms with Crippen LogP contribution < -0.4 is 5.32 Å². The molecule has 1 N–H and O–H groups in total. The molecule has 0 spiro atoms. The quantitative estimate of drug-likeness (QED) is 0.808. The predicted molar refractivity (Wildman–Crippen MR) is 81.2 cm³/mol. The van der Waals surface area contributed by atoms with Crippen LogP contribution in [0.2, 0.25) is 0 Å². The molecule has 4 heteroatoms. The number of hydrogen-bond donors (Lipinski definition) is 1. The van der Waals surface area contributed by atoms with Crippen molar-refractivity contribution in [2.45, 2.75) is 39.8 Å². The highest BCUT2D eigenvalue weighted by molar-refractivity contribution is 9.10. The second-order valence-electron chi connectivity index (χ2n) is 4.94.